The van der Waals surface area contributed by atoms with Crippen LogP contribution >= 0.6 is 11.3 Å². The summed E-state index contributed by atoms with van der Waals surface area (Å²) in [5.74, 6) is -0.425. The second kappa shape index (κ2) is 8.55. The summed E-state index contributed by atoms with van der Waals surface area (Å²) in [5.41, 5.74) is 2.12. The zero-order valence-corrected chi connectivity index (χ0v) is 17.7. The maximum absolute atomic E-state index is 12.9. The lowest BCUT2D eigenvalue weighted by Gasteiger charge is -2.09. The summed E-state index contributed by atoms with van der Waals surface area (Å²) in [6.45, 7) is 1.48. The van der Waals surface area contributed by atoms with Crippen molar-refractivity contribution in [3.63, 3.8) is 0 Å². The van der Waals surface area contributed by atoms with Crippen molar-refractivity contribution in [2.45, 2.75) is 19.6 Å². The Kier molecular flexibility index (Phi) is 5.80. The number of thiazole rings is 1. The summed E-state index contributed by atoms with van der Waals surface area (Å²) in [6, 6.07) is 17.1. The maximum atomic E-state index is 12.9. The first-order chi connectivity index (χ1) is 15.2. The van der Waals surface area contributed by atoms with Gasteiger partial charge in [0.2, 0.25) is 0 Å². The van der Waals surface area contributed by atoms with Crippen LogP contribution in [0.25, 0.3) is 20.8 Å². The minimum absolute atomic E-state index is 0.0213. The van der Waals surface area contributed by atoms with Gasteiger partial charge in [-0.3, -0.25) is 9.59 Å². The van der Waals surface area contributed by atoms with E-state index in [-0.39, 0.29) is 12.3 Å². The summed E-state index contributed by atoms with van der Waals surface area (Å²) >= 11 is 1.39. The van der Waals surface area contributed by atoms with Gasteiger partial charge in [0.05, 0.1) is 15.8 Å². The number of carbonyl (C=O) groups is 2. The average molecular weight is 454 g/mol. The molecular weight excluding hydrogens is 437 g/mol. The molecule has 0 saturated heterocycles. The SMILES string of the molecule is CC(=O)c1cccc(-c2nc3ccc(C(=O)NCc4cccc(C(F)(F)F)c4)cc3s2)c1. The number of halogens is 3. The van der Waals surface area contributed by atoms with Crippen LogP contribution in [0.3, 0.4) is 0 Å². The molecule has 0 spiro atoms. The number of ketones is 1. The number of hydrogen-bond donors (Lipinski definition) is 1. The number of aromatic nitrogens is 1. The van der Waals surface area contributed by atoms with Crippen molar-refractivity contribution < 1.29 is 22.8 Å². The molecule has 32 heavy (non-hydrogen) atoms. The number of benzene rings is 3. The Morgan fingerprint density at radius 2 is 1.75 bits per heavy atom. The number of rotatable bonds is 5. The van der Waals surface area contributed by atoms with Gasteiger partial charge in [-0.15, -0.1) is 11.3 Å². The third-order valence-corrected chi connectivity index (χ3v) is 5.94. The molecule has 1 amide bonds. The first kappa shape index (κ1) is 21.7. The van der Waals surface area contributed by atoms with Crippen LogP contribution in [0, 0.1) is 0 Å². The molecule has 0 radical (unpaired) electrons. The molecule has 3 aromatic carbocycles. The summed E-state index contributed by atoms with van der Waals surface area (Å²) in [4.78, 5) is 28.8. The number of carbonyl (C=O) groups excluding carboxylic acids is 2. The molecule has 1 aromatic heterocycles. The van der Waals surface area contributed by atoms with Crippen molar-refractivity contribution in [2.75, 3.05) is 0 Å². The Morgan fingerprint density at radius 3 is 2.50 bits per heavy atom. The van der Waals surface area contributed by atoms with Crippen molar-refractivity contribution in [3.8, 4) is 10.6 Å². The van der Waals surface area contributed by atoms with E-state index < -0.39 is 17.6 Å². The molecule has 8 heteroatoms. The molecule has 4 aromatic rings. The van der Waals surface area contributed by atoms with Crippen molar-refractivity contribution >= 4 is 33.2 Å². The molecule has 0 saturated carbocycles. The number of alkyl halides is 3. The van der Waals surface area contributed by atoms with Crippen LogP contribution in [0.4, 0.5) is 13.2 Å². The topological polar surface area (TPSA) is 59.1 Å². The standard InChI is InChI=1S/C24H17F3N2O2S/c1-14(30)16-5-3-6-18(11-16)23-29-20-9-8-17(12-21(20)32-23)22(31)28-13-15-4-2-7-19(10-15)24(25,26)27/h2-12H,13H2,1H3,(H,28,31). The molecule has 162 valence electrons. The Balaban J connectivity index is 1.52. The zero-order chi connectivity index (χ0) is 22.9. The normalized spacial score (nSPS) is 11.5. The third-order valence-electron chi connectivity index (χ3n) is 4.87. The lowest BCUT2D eigenvalue weighted by molar-refractivity contribution is -0.137. The quantitative estimate of drug-likeness (QED) is 0.370. The molecule has 0 aliphatic heterocycles. The molecule has 0 unspecified atom stereocenters. The Bertz CT molecular complexity index is 1330. The molecule has 0 aliphatic carbocycles. The Hall–Kier alpha value is -3.52. The van der Waals surface area contributed by atoms with Gasteiger partial charge >= 0.3 is 6.18 Å². The van der Waals surface area contributed by atoms with Gasteiger partial charge in [0.25, 0.3) is 5.91 Å². The number of hydrogen-bond acceptors (Lipinski definition) is 4. The fourth-order valence-electron chi connectivity index (χ4n) is 3.20. The molecule has 0 fully saturated rings. The van der Waals surface area contributed by atoms with E-state index in [9.17, 15) is 22.8 Å². The number of Topliss-reactive ketones (excluding diaryl/α,β-unsaturated/α-hetero) is 1. The fraction of sp³-hybridized carbons (Fsp3) is 0.125. The highest BCUT2D eigenvalue weighted by Gasteiger charge is 2.30. The molecular formula is C24H17F3N2O2S. The minimum Gasteiger partial charge on any atom is -0.348 e. The van der Waals surface area contributed by atoms with E-state index in [0.717, 1.165) is 27.4 Å². The maximum Gasteiger partial charge on any atom is 0.416 e. The van der Waals surface area contributed by atoms with Gasteiger partial charge in [-0.2, -0.15) is 13.2 Å². The second-order valence-electron chi connectivity index (χ2n) is 7.22. The Morgan fingerprint density at radius 1 is 0.969 bits per heavy atom. The van der Waals surface area contributed by atoms with Crippen LogP contribution in [-0.2, 0) is 12.7 Å². The zero-order valence-electron chi connectivity index (χ0n) is 16.9. The van der Waals surface area contributed by atoms with Crippen LogP contribution in [0.15, 0.2) is 66.7 Å². The largest absolute Gasteiger partial charge is 0.416 e. The van der Waals surface area contributed by atoms with Gasteiger partial charge in [0.1, 0.15) is 5.01 Å². The lowest BCUT2D eigenvalue weighted by Crippen LogP contribution is -2.22. The van der Waals surface area contributed by atoms with E-state index >= 15 is 0 Å². The Labute approximate surface area is 185 Å². The minimum atomic E-state index is -4.43. The third kappa shape index (κ3) is 4.70. The summed E-state index contributed by atoms with van der Waals surface area (Å²) in [5, 5.41) is 3.38. The van der Waals surface area contributed by atoms with E-state index in [1.54, 1.807) is 36.4 Å². The van der Waals surface area contributed by atoms with Gasteiger partial charge in [0, 0.05) is 23.2 Å². The van der Waals surface area contributed by atoms with Crippen molar-refractivity contribution in [1.29, 1.82) is 0 Å². The molecule has 4 rings (SSSR count). The van der Waals surface area contributed by atoms with Gasteiger partial charge in [-0.1, -0.05) is 30.3 Å². The van der Waals surface area contributed by atoms with Crippen molar-refractivity contribution in [2.24, 2.45) is 0 Å². The first-order valence-electron chi connectivity index (χ1n) is 9.67. The monoisotopic (exact) mass is 454 g/mol. The number of amides is 1. The molecule has 1 N–H and O–H groups in total. The average Bonchev–Trinajstić information content (AvgIpc) is 3.20. The first-order valence-corrected chi connectivity index (χ1v) is 10.5. The second-order valence-corrected chi connectivity index (χ2v) is 8.25. The van der Waals surface area contributed by atoms with E-state index in [1.165, 1.54) is 30.4 Å². The van der Waals surface area contributed by atoms with Crippen LogP contribution in [0.2, 0.25) is 0 Å². The number of fused-ring (bicyclic) bond motifs is 1. The number of nitrogens with zero attached hydrogens (tertiary/aromatic N) is 1. The predicted molar refractivity (Wildman–Crippen MR) is 118 cm³/mol. The van der Waals surface area contributed by atoms with Crippen LogP contribution in [-0.4, -0.2) is 16.7 Å². The van der Waals surface area contributed by atoms with Crippen molar-refractivity contribution in [3.05, 3.63) is 89.0 Å². The molecule has 0 bridgehead atoms. The van der Waals surface area contributed by atoms with Gasteiger partial charge in [-0.25, -0.2) is 4.98 Å². The van der Waals surface area contributed by atoms with Crippen molar-refractivity contribution in [1.82, 2.24) is 10.3 Å². The highest BCUT2D eigenvalue weighted by Crippen LogP contribution is 2.32. The molecule has 0 atom stereocenters. The molecule has 4 nitrogen and oxygen atoms in total. The van der Waals surface area contributed by atoms with E-state index in [4.69, 9.17) is 0 Å². The van der Waals surface area contributed by atoms with Crippen LogP contribution < -0.4 is 5.32 Å². The summed E-state index contributed by atoms with van der Waals surface area (Å²) in [7, 11) is 0. The van der Waals surface area contributed by atoms with E-state index in [2.05, 4.69) is 10.3 Å². The number of nitrogens with one attached hydrogen (secondary N) is 1. The lowest BCUT2D eigenvalue weighted by atomic mass is 10.1. The highest BCUT2D eigenvalue weighted by molar-refractivity contribution is 7.21. The summed E-state index contributed by atoms with van der Waals surface area (Å²) in [6.07, 6.45) is -4.43. The highest BCUT2D eigenvalue weighted by atomic mass is 32.1. The smallest absolute Gasteiger partial charge is 0.348 e. The fourth-order valence-corrected chi connectivity index (χ4v) is 4.20. The van der Waals surface area contributed by atoms with E-state index in [1.807, 2.05) is 6.07 Å². The molecule has 0 aliphatic rings. The van der Waals surface area contributed by atoms with E-state index in [0.29, 0.717) is 22.2 Å². The predicted octanol–water partition coefficient (Wildman–Crippen LogP) is 6.11. The van der Waals surface area contributed by atoms with Crippen LogP contribution in [0.5, 0.6) is 0 Å². The summed E-state index contributed by atoms with van der Waals surface area (Å²) < 4.78 is 39.4. The molecule has 1 heterocycles. The van der Waals surface area contributed by atoms with Gasteiger partial charge in [-0.05, 0) is 48.9 Å². The van der Waals surface area contributed by atoms with Gasteiger partial charge < -0.3 is 5.32 Å². The van der Waals surface area contributed by atoms with Crippen LogP contribution in [0.1, 0.15) is 38.8 Å². The van der Waals surface area contributed by atoms with Gasteiger partial charge in [0.15, 0.2) is 5.78 Å².